The molecule has 1 fully saturated rings. The third kappa shape index (κ3) is 1.70. The Bertz CT molecular complexity index is 285. The molecule has 0 spiro atoms. The standard InChI is InChI=1S/C10H11BrO/c1-7-10(12-7)6-8-4-2-3-5-9(8)11/h2-5,7,10H,6H2,1H3. The van der Waals surface area contributed by atoms with Gasteiger partial charge in [-0.1, -0.05) is 34.1 Å². The summed E-state index contributed by atoms with van der Waals surface area (Å²) < 4.78 is 6.54. The maximum absolute atomic E-state index is 5.35. The summed E-state index contributed by atoms with van der Waals surface area (Å²) in [7, 11) is 0. The van der Waals surface area contributed by atoms with Gasteiger partial charge in [-0.25, -0.2) is 0 Å². The third-order valence-corrected chi connectivity index (χ3v) is 2.99. The molecule has 64 valence electrons. The lowest BCUT2D eigenvalue weighted by Gasteiger charge is -1.99. The molecule has 1 saturated heterocycles. The maximum Gasteiger partial charge on any atom is 0.0879 e. The number of halogens is 1. The molecule has 2 heteroatoms. The first kappa shape index (κ1) is 8.27. The van der Waals surface area contributed by atoms with E-state index in [1.165, 1.54) is 10.0 Å². The summed E-state index contributed by atoms with van der Waals surface area (Å²) in [6.07, 6.45) is 1.93. The SMILES string of the molecule is CC1OC1Cc1ccccc1Br. The zero-order valence-electron chi connectivity index (χ0n) is 6.96. The van der Waals surface area contributed by atoms with E-state index in [9.17, 15) is 0 Å². The molecule has 1 heterocycles. The number of rotatable bonds is 2. The van der Waals surface area contributed by atoms with Gasteiger partial charge in [0.2, 0.25) is 0 Å². The van der Waals surface area contributed by atoms with E-state index in [0.717, 1.165) is 6.42 Å². The van der Waals surface area contributed by atoms with Crippen molar-refractivity contribution < 1.29 is 4.74 Å². The van der Waals surface area contributed by atoms with Gasteiger partial charge in [0.1, 0.15) is 0 Å². The van der Waals surface area contributed by atoms with Crippen LogP contribution in [0.5, 0.6) is 0 Å². The summed E-state index contributed by atoms with van der Waals surface area (Å²) in [5.74, 6) is 0. The molecule has 1 aromatic carbocycles. The quantitative estimate of drug-likeness (QED) is 0.707. The summed E-state index contributed by atoms with van der Waals surface area (Å²) >= 11 is 3.52. The summed E-state index contributed by atoms with van der Waals surface area (Å²) in [5, 5.41) is 0. The molecular formula is C10H11BrO. The van der Waals surface area contributed by atoms with Crippen LogP contribution in [0.1, 0.15) is 12.5 Å². The van der Waals surface area contributed by atoms with Gasteiger partial charge in [0.15, 0.2) is 0 Å². The van der Waals surface area contributed by atoms with Crippen LogP contribution in [0.3, 0.4) is 0 Å². The number of hydrogen-bond acceptors (Lipinski definition) is 1. The number of benzene rings is 1. The Kier molecular flexibility index (Phi) is 2.20. The Labute approximate surface area is 80.9 Å². The number of hydrogen-bond donors (Lipinski definition) is 0. The first-order valence-corrected chi connectivity index (χ1v) is 4.95. The molecule has 0 N–H and O–H groups in total. The average molecular weight is 227 g/mol. The largest absolute Gasteiger partial charge is 0.370 e. The molecule has 1 aliphatic heterocycles. The lowest BCUT2D eigenvalue weighted by atomic mass is 10.1. The monoisotopic (exact) mass is 226 g/mol. The molecule has 1 nitrogen and oxygen atoms in total. The second kappa shape index (κ2) is 3.19. The Morgan fingerprint density at radius 1 is 1.42 bits per heavy atom. The molecule has 2 rings (SSSR count). The van der Waals surface area contributed by atoms with E-state index in [-0.39, 0.29) is 0 Å². The van der Waals surface area contributed by atoms with Crippen molar-refractivity contribution in [2.75, 3.05) is 0 Å². The van der Waals surface area contributed by atoms with E-state index in [4.69, 9.17) is 4.74 Å². The van der Waals surface area contributed by atoms with Crippen LogP contribution in [0.15, 0.2) is 28.7 Å². The highest BCUT2D eigenvalue weighted by atomic mass is 79.9. The van der Waals surface area contributed by atoms with Crippen molar-refractivity contribution in [3.05, 3.63) is 34.3 Å². The van der Waals surface area contributed by atoms with Gasteiger partial charge in [0.25, 0.3) is 0 Å². The Morgan fingerprint density at radius 2 is 2.08 bits per heavy atom. The minimum atomic E-state index is 0.448. The van der Waals surface area contributed by atoms with Gasteiger partial charge >= 0.3 is 0 Å². The fraction of sp³-hybridized carbons (Fsp3) is 0.400. The highest BCUT2D eigenvalue weighted by Gasteiger charge is 2.34. The van der Waals surface area contributed by atoms with Gasteiger partial charge in [0, 0.05) is 10.9 Å². The third-order valence-electron chi connectivity index (χ3n) is 2.22. The average Bonchev–Trinajstić information content (AvgIpc) is 2.72. The second-order valence-electron chi connectivity index (χ2n) is 3.18. The van der Waals surface area contributed by atoms with Crippen LogP contribution in [0, 0.1) is 0 Å². The highest BCUT2D eigenvalue weighted by molar-refractivity contribution is 9.10. The van der Waals surface area contributed by atoms with Crippen LogP contribution in [-0.2, 0) is 11.2 Å². The van der Waals surface area contributed by atoms with E-state index in [2.05, 4.69) is 41.1 Å². The van der Waals surface area contributed by atoms with Gasteiger partial charge in [-0.15, -0.1) is 0 Å². The molecule has 0 bridgehead atoms. The van der Waals surface area contributed by atoms with Crippen LogP contribution < -0.4 is 0 Å². The normalized spacial score (nSPS) is 27.2. The van der Waals surface area contributed by atoms with Gasteiger partial charge < -0.3 is 4.74 Å². The smallest absolute Gasteiger partial charge is 0.0879 e. The molecule has 1 aromatic rings. The van der Waals surface area contributed by atoms with Crippen LogP contribution >= 0.6 is 15.9 Å². The fourth-order valence-corrected chi connectivity index (χ4v) is 1.77. The molecule has 12 heavy (non-hydrogen) atoms. The fourth-order valence-electron chi connectivity index (χ4n) is 1.33. The molecule has 0 saturated carbocycles. The lowest BCUT2D eigenvalue weighted by molar-refractivity contribution is 0.378. The Morgan fingerprint density at radius 3 is 2.67 bits per heavy atom. The van der Waals surface area contributed by atoms with Crippen molar-refractivity contribution >= 4 is 15.9 Å². The zero-order valence-corrected chi connectivity index (χ0v) is 8.54. The highest BCUT2D eigenvalue weighted by Crippen LogP contribution is 2.27. The first-order chi connectivity index (χ1) is 5.77. The van der Waals surface area contributed by atoms with E-state index in [1.54, 1.807) is 0 Å². The topological polar surface area (TPSA) is 12.5 Å². The Balaban J connectivity index is 2.08. The van der Waals surface area contributed by atoms with Crippen molar-refractivity contribution in [3.63, 3.8) is 0 Å². The molecule has 2 unspecified atom stereocenters. The summed E-state index contributed by atoms with van der Waals surface area (Å²) in [6.45, 7) is 2.11. The molecule has 0 aromatic heterocycles. The number of ether oxygens (including phenoxy) is 1. The summed E-state index contributed by atoms with van der Waals surface area (Å²) in [4.78, 5) is 0. The predicted molar refractivity (Wildman–Crippen MR) is 52.2 cm³/mol. The van der Waals surface area contributed by atoms with Crippen LogP contribution in [0.2, 0.25) is 0 Å². The van der Waals surface area contributed by atoms with Crippen molar-refractivity contribution in [1.29, 1.82) is 0 Å². The molecule has 2 atom stereocenters. The van der Waals surface area contributed by atoms with Crippen molar-refractivity contribution in [3.8, 4) is 0 Å². The van der Waals surface area contributed by atoms with Crippen LogP contribution in [-0.4, -0.2) is 12.2 Å². The van der Waals surface area contributed by atoms with Gasteiger partial charge in [-0.2, -0.15) is 0 Å². The van der Waals surface area contributed by atoms with Gasteiger partial charge in [-0.3, -0.25) is 0 Å². The molecular weight excluding hydrogens is 216 g/mol. The van der Waals surface area contributed by atoms with E-state index in [0.29, 0.717) is 12.2 Å². The Hall–Kier alpha value is -0.340. The predicted octanol–water partition coefficient (Wildman–Crippen LogP) is 2.78. The van der Waals surface area contributed by atoms with Crippen molar-refractivity contribution in [2.45, 2.75) is 25.6 Å². The van der Waals surface area contributed by atoms with Crippen LogP contribution in [0.4, 0.5) is 0 Å². The summed E-state index contributed by atoms with van der Waals surface area (Å²) in [6, 6.07) is 8.30. The van der Waals surface area contributed by atoms with E-state index < -0.39 is 0 Å². The van der Waals surface area contributed by atoms with Crippen molar-refractivity contribution in [1.82, 2.24) is 0 Å². The zero-order chi connectivity index (χ0) is 8.55. The second-order valence-corrected chi connectivity index (χ2v) is 4.03. The molecule has 0 aliphatic carbocycles. The molecule has 0 amide bonds. The van der Waals surface area contributed by atoms with E-state index >= 15 is 0 Å². The van der Waals surface area contributed by atoms with Crippen molar-refractivity contribution in [2.24, 2.45) is 0 Å². The maximum atomic E-state index is 5.35. The summed E-state index contributed by atoms with van der Waals surface area (Å²) in [5.41, 5.74) is 1.34. The molecule has 0 radical (unpaired) electrons. The first-order valence-electron chi connectivity index (χ1n) is 4.16. The minimum absolute atomic E-state index is 0.448. The molecule has 1 aliphatic rings. The van der Waals surface area contributed by atoms with E-state index in [1.807, 2.05) is 6.07 Å². The minimum Gasteiger partial charge on any atom is -0.370 e. The lowest BCUT2D eigenvalue weighted by Crippen LogP contribution is -1.96. The van der Waals surface area contributed by atoms with Crippen LogP contribution in [0.25, 0.3) is 0 Å². The van der Waals surface area contributed by atoms with Gasteiger partial charge in [-0.05, 0) is 18.6 Å². The number of epoxide rings is 1. The van der Waals surface area contributed by atoms with Gasteiger partial charge in [0.05, 0.1) is 12.2 Å².